The number of likely N-dealkylation sites (tertiary alicyclic amines) is 1. The summed E-state index contributed by atoms with van der Waals surface area (Å²) in [5, 5.41) is 10.1. The Bertz CT molecular complexity index is 975. The van der Waals surface area contributed by atoms with E-state index in [-0.39, 0.29) is 6.10 Å². The molecule has 1 atom stereocenters. The number of thioether (sulfide) groups is 1. The van der Waals surface area contributed by atoms with E-state index in [4.69, 9.17) is 4.74 Å². The van der Waals surface area contributed by atoms with Gasteiger partial charge in [0.25, 0.3) is 0 Å². The smallest absolute Gasteiger partial charge is 0.195 e. The van der Waals surface area contributed by atoms with E-state index in [1.165, 1.54) is 18.4 Å². The summed E-state index contributed by atoms with van der Waals surface area (Å²) in [6.07, 6.45) is 2.75. The standard InChI is InChI=1S/C25H31N5OS/c1-3-9-21(10-4-1)17-29-15-16-31-23(18-29)20-32-25-27-26-24(19-28-13-7-8-14-28)30(25)22-11-5-2-6-12-22/h1-6,9-12,23H,7-8,13-20H2. The van der Waals surface area contributed by atoms with Crippen LogP contribution in [-0.2, 0) is 17.8 Å². The molecule has 0 aliphatic carbocycles. The van der Waals surface area contributed by atoms with Gasteiger partial charge in [-0.1, -0.05) is 60.3 Å². The maximum atomic E-state index is 6.10. The van der Waals surface area contributed by atoms with Crippen molar-refractivity contribution in [2.75, 3.05) is 38.5 Å². The van der Waals surface area contributed by atoms with Crippen LogP contribution in [0.5, 0.6) is 0 Å². The van der Waals surface area contributed by atoms with Crippen LogP contribution in [0.15, 0.2) is 65.8 Å². The molecule has 0 spiro atoms. The van der Waals surface area contributed by atoms with Crippen molar-refractivity contribution in [3.8, 4) is 5.69 Å². The number of nitrogens with zero attached hydrogens (tertiary/aromatic N) is 5. The van der Waals surface area contributed by atoms with Crippen molar-refractivity contribution in [2.24, 2.45) is 0 Å². The third-order valence-corrected chi connectivity index (χ3v) is 7.21. The molecule has 6 nitrogen and oxygen atoms in total. The number of rotatable bonds is 8. The molecule has 2 saturated heterocycles. The second-order valence-electron chi connectivity index (χ2n) is 8.58. The van der Waals surface area contributed by atoms with Gasteiger partial charge in [-0.2, -0.15) is 0 Å². The van der Waals surface area contributed by atoms with Gasteiger partial charge in [0.2, 0.25) is 0 Å². The summed E-state index contributed by atoms with van der Waals surface area (Å²) >= 11 is 1.75. The molecule has 1 unspecified atom stereocenters. The van der Waals surface area contributed by atoms with Crippen molar-refractivity contribution in [1.29, 1.82) is 0 Å². The predicted molar refractivity (Wildman–Crippen MR) is 128 cm³/mol. The topological polar surface area (TPSA) is 46.4 Å². The lowest BCUT2D eigenvalue weighted by Crippen LogP contribution is -2.43. The normalized spacial score (nSPS) is 20.1. The average molecular weight is 450 g/mol. The average Bonchev–Trinajstić information content (AvgIpc) is 3.49. The van der Waals surface area contributed by atoms with Crippen LogP contribution in [-0.4, -0.2) is 69.2 Å². The van der Waals surface area contributed by atoms with Gasteiger partial charge < -0.3 is 4.74 Å². The number of morpholine rings is 1. The molecule has 0 N–H and O–H groups in total. The lowest BCUT2D eigenvalue weighted by atomic mass is 10.2. The molecular weight excluding hydrogens is 418 g/mol. The van der Waals surface area contributed by atoms with Gasteiger partial charge in [-0.15, -0.1) is 10.2 Å². The van der Waals surface area contributed by atoms with E-state index < -0.39 is 0 Å². The minimum atomic E-state index is 0.195. The number of hydrogen-bond donors (Lipinski definition) is 0. The van der Waals surface area contributed by atoms with Gasteiger partial charge in [0.05, 0.1) is 19.3 Å². The minimum Gasteiger partial charge on any atom is -0.375 e. The molecule has 0 saturated carbocycles. The zero-order chi connectivity index (χ0) is 21.6. The van der Waals surface area contributed by atoms with Crippen molar-refractivity contribution in [2.45, 2.75) is 37.2 Å². The summed E-state index contributed by atoms with van der Waals surface area (Å²) < 4.78 is 8.33. The predicted octanol–water partition coefficient (Wildman–Crippen LogP) is 3.86. The second kappa shape index (κ2) is 10.6. The van der Waals surface area contributed by atoms with E-state index in [2.05, 4.69) is 85.2 Å². The largest absolute Gasteiger partial charge is 0.375 e. The zero-order valence-corrected chi connectivity index (χ0v) is 19.3. The van der Waals surface area contributed by atoms with Crippen LogP contribution < -0.4 is 0 Å². The third-order valence-electron chi connectivity index (χ3n) is 6.15. The van der Waals surface area contributed by atoms with Gasteiger partial charge >= 0.3 is 0 Å². The molecule has 0 amide bonds. The molecule has 1 aromatic heterocycles. The molecule has 2 aliphatic heterocycles. The molecule has 2 fully saturated rings. The first kappa shape index (κ1) is 21.6. The number of para-hydroxylation sites is 1. The maximum absolute atomic E-state index is 6.10. The summed E-state index contributed by atoms with van der Waals surface area (Å²) in [6, 6.07) is 21.2. The van der Waals surface area contributed by atoms with E-state index in [0.29, 0.717) is 0 Å². The number of aromatic nitrogens is 3. The lowest BCUT2D eigenvalue weighted by molar-refractivity contribution is -0.0187. The van der Waals surface area contributed by atoms with Crippen LogP contribution in [0.25, 0.3) is 5.69 Å². The summed E-state index contributed by atoms with van der Waals surface area (Å²) in [6.45, 7) is 6.84. The quantitative estimate of drug-likeness (QED) is 0.487. The van der Waals surface area contributed by atoms with Crippen molar-refractivity contribution < 1.29 is 4.74 Å². The summed E-state index contributed by atoms with van der Waals surface area (Å²) in [5.74, 6) is 1.90. The highest BCUT2D eigenvalue weighted by molar-refractivity contribution is 7.99. The molecular formula is C25H31N5OS. The zero-order valence-electron chi connectivity index (χ0n) is 18.5. The molecule has 5 rings (SSSR count). The molecule has 168 valence electrons. The van der Waals surface area contributed by atoms with Gasteiger partial charge in [0, 0.05) is 31.1 Å². The highest BCUT2D eigenvalue weighted by Gasteiger charge is 2.23. The molecule has 7 heteroatoms. The fourth-order valence-electron chi connectivity index (χ4n) is 4.51. The lowest BCUT2D eigenvalue weighted by Gasteiger charge is -2.32. The summed E-state index contributed by atoms with van der Waals surface area (Å²) in [5.41, 5.74) is 2.49. The van der Waals surface area contributed by atoms with Crippen LogP contribution in [0.4, 0.5) is 0 Å². The van der Waals surface area contributed by atoms with Crippen LogP contribution in [0.1, 0.15) is 24.2 Å². The number of ether oxygens (including phenoxy) is 1. The number of benzene rings is 2. The summed E-state index contributed by atoms with van der Waals surface area (Å²) in [7, 11) is 0. The molecule has 0 bridgehead atoms. The molecule has 3 heterocycles. The Morgan fingerprint density at radius 1 is 0.844 bits per heavy atom. The van der Waals surface area contributed by atoms with E-state index in [0.717, 1.165) is 68.3 Å². The van der Waals surface area contributed by atoms with Crippen LogP contribution >= 0.6 is 11.8 Å². The molecule has 2 aliphatic rings. The maximum Gasteiger partial charge on any atom is 0.195 e. The number of hydrogen-bond acceptors (Lipinski definition) is 6. The molecule has 32 heavy (non-hydrogen) atoms. The molecule has 2 aromatic carbocycles. The van der Waals surface area contributed by atoms with Crippen molar-refractivity contribution in [3.05, 3.63) is 72.1 Å². The van der Waals surface area contributed by atoms with E-state index >= 15 is 0 Å². The molecule has 3 aromatic rings. The van der Waals surface area contributed by atoms with E-state index in [1.54, 1.807) is 11.8 Å². The van der Waals surface area contributed by atoms with Gasteiger partial charge in [-0.3, -0.25) is 14.4 Å². The molecule has 0 radical (unpaired) electrons. The first-order valence-electron chi connectivity index (χ1n) is 11.6. The second-order valence-corrected chi connectivity index (χ2v) is 9.56. The first-order valence-corrected chi connectivity index (χ1v) is 12.6. The first-order chi connectivity index (χ1) is 15.8. The third kappa shape index (κ3) is 5.41. The van der Waals surface area contributed by atoms with E-state index in [1.807, 2.05) is 0 Å². The van der Waals surface area contributed by atoms with Crippen LogP contribution in [0.2, 0.25) is 0 Å². The Morgan fingerprint density at radius 2 is 1.59 bits per heavy atom. The Morgan fingerprint density at radius 3 is 2.38 bits per heavy atom. The van der Waals surface area contributed by atoms with Gasteiger partial charge in [-0.05, 0) is 43.6 Å². The summed E-state index contributed by atoms with van der Waals surface area (Å²) in [4.78, 5) is 4.97. The van der Waals surface area contributed by atoms with Crippen LogP contribution in [0.3, 0.4) is 0 Å². The van der Waals surface area contributed by atoms with Crippen molar-refractivity contribution in [1.82, 2.24) is 24.6 Å². The van der Waals surface area contributed by atoms with E-state index in [9.17, 15) is 0 Å². The minimum absolute atomic E-state index is 0.195. The van der Waals surface area contributed by atoms with Crippen molar-refractivity contribution >= 4 is 11.8 Å². The fourth-order valence-corrected chi connectivity index (χ4v) is 5.48. The highest BCUT2D eigenvalue weighted by atomic mass is 32.2. The monoisotopic (exact) mass is 449 g/mol. The van der Waals surface area contributed by atoms with Crippen molar-refractivity contribution in [3.63, 3.8) is 0 Å². The Balaban J connectivity index is 1.26. The SMILES string of the molecule is c1ccc(CN2CCOC(CSc3nnc(CN4CCCC4)n3-c3ccccc3)C2)cc1. The Labute approximate surface area is 194 Å². The van der Waals surface area contributed by atoms with Gasteiger partial charge in [0.15, 0.2) is 11.0 Å². The van der Waals surface area contributed by atoms with Crippen LogP contribution in [0, 0.1) is 0 Å². The van der Waals surface area contributed by atoms with Gasteiger partial charge in [0.1, 0.15) is 0 Å². The highest BCUT2D eigenvalue weighted by Crippen LogP contribution is 2.25. The van der Waals surface area contributed by atoms with Gasteiger partial charge in [-0.25, -0.2) is 0 Å². The Kier molecular flexibility index (Phi) is 7.18. The fraction of sp³-hybridized carbons (Fsp3) is 0.440. The Hall–Kier alpha value is -2.19.